The van der Waals surface area contributed by atoms with E-state index in [1.54, 1.807) is 6.20 Å². The summed E-state index contributed by atoms with van der Waals surface area (Å²) in [5.74, 6) is 0.935. The van der Waals surface area contributed by atoms with Gasteiger partial charge in [0.2, 0.25) is 5.91 Å². The van der Waals surface area contributed by atoms with Crippen molar-refractivity contribution in [2.75, 3.05) is 11.9 Å². The molecule has 0 aliphatic heterocycles. The van der Waals surface area contributed by atoms with Crippen molar-refractivity contribution in [2.24, 2.45) is 0 Å². The molecule has 1 saturated carbocycles. The summed E-state index contributed by atoms with van der Waals surface area (Å²) in [6, 6.07) is 4.22. The number of amides is 1. The molecule has 0 unspecified atom stereocenters. The lowest BCUT2D eigenvalue weighted by molar-refractivity contribution is -0.121. The highest BCUT2D eigenvalue weighted by Gasteiger charge is 2.15. The second kappa shape index (κ2) is 7.48. The first kappa shape index (κ1) is 14.3. The maximum atomic E-state index is 11.8. The minimum Gasteiger partial charge on any atom is -0.370 e. The number of pyridine rings is 1. The molecule has 1 aliphatic rings. The smallest absolute Gasteiger partial charge is 0.221 e. The van der Waals surface area contributed by atoms with Crippen LogP contribution in [0.25, 0.3) is 0 Å². The van der Waals surface area contributed by atoms with Crippen LogP contribution in [-0.2, 0) is 4.79 Å². The van der Waals surface area contributed by atoms with Gasteiger partial charge >= 0.3 is 0 Å². The zero-order chi connectivity index (χ0) is 13.5. The summed E-state index contributed by atoms with van der Waals surface area (Å²) in [5.41, 5.74) is 0. The van der Waals surface area contributed by atoms with Crippen molar-refractivity contribution in [3.63, 3.8) is 0 Å². The van der Waals surface area contributed by atoms with Gasteiger partial charge in [0.1, 0.15) is 5.82 Å². The van der Waals surface area contributed by atoms with Crippen molar-refractivity contribution in [1.82, 2.24) is 10.3 Å². The van der Waals surface area contributed by atoms with E-state index < -0.39 is 0 Å². The standard InChI is InChI=1S/C14H20BrN3O/c15-11-6-7-13(17-10-11)16-9-8-14(19)18-12-4-2-1-3-5-12/h6-7,10,12H,1-5,8-9H2,(H,16,17)(H,18,19). The molecule has 1 amide bonds. The molecular formula is C14H20BrN3O. The second-order valence-electron chi connectivity index (χ2n) is 4.94. The first-order chi connectivity index (χ1) is 9.24. The molecule has 0 bridgehead atoms. The van der Waals surface area contributed by atoms with Crippen molar-refractivity contribution in [3.8, 4) is 0 Å². The number of hydrogen-bond donors (Lipinski definition) is 2. The van der Waals surface area contributed by atoms with Gasteiger partial charge < -0.3 is 10.6 Å². The molecule has 1 heterocycles. The van der Waals surface area contributed by atoms with Gasteiger partial charge in [0.15, 0.2) is 0 Å². The normalized spacial score (nSPS) is 16.1. The van der Waals surface area contributed by atoms with Gasteiger partial charge in [-0.3, -0.25) is 4.79 Å². The molecule has 19 heavy (non-hydrogen) atoms. The third kappa shape index (κ3) is 5.19. The fourth-order valence-corrected chi connectivity index (χ4v) is 2.57. The van der Waals surface area contributed by atoms with Crippen LogP contribution in [0.1, 0.15) is 38.5 Å². The molecule has 2 N–H and O–H groups in total. The molecule has 0 radical (unpaired) electrons. The van der Waals surface area contributed by atoms with Crippen molar-refractivity contribution < 1.29 is 4.79 Å². The Bertz CT molecular complexity index is 402. The summed E-state index contributed by atoms with van der Waals surface area (Å²) in [6.45, 7) is 0.618. The molecule has 4 nitrogen and oxygen atoms in total. The first-order valence-corrected chi connectivity index (χ1v) is 7.68. The SMILES string of the molecule is O=C(CCNc1ccc(Br)cn1)NC1CCCCC1. The first-order valence-electron chi connectivity index (χ1n) is 6.89. The maximum Gasteiger partial charge on any atom is 0.221 e. The summed E-state index contributed by atoms with van der Waals surface area (Å²) in [6.07, 6.45) is 8.29. The van der Waals surface area contributed by atoms with E-state index in [0.29, 0.717) is 19.0 Å². The van der Waals surface area contributed by atoms with Gasteiger partial charge in [0.05, 0.1) is 0 Å². The average Bonchev–Trinajstić information content (AvgIpc) is 2.42. The third-order valence-electron chi connectivity index (χ3n) is 3.36. The fourth-order valence-electron chi connectivity index (χ4n) is 2.33. The van der Waals surface area contributed by atoms with Crippen LogP contribution in [0.15, 0.2) is 22.8 Å². The van der Waals surface area contributed by atoms with Gasteiger partial charge in [-0.2, -0.15) is 0 Å². The molecule has 104 valence electrons. The van der Waals surface area contributed by atoms with Gasteiger partial charge in [0.25, 0.3) is 0 Å². The molecule has 1 aromatic heterocycles. The number of rotatable bonds is 5. The van der Waals surface area contributed by atoms with Crippen LogP contribution in [-0.4, -0.2) is 23.5 Å². The third-order valence-corrected chi connectivity index (χ3v) is 3.82. The van der Waals surface area contributed by atoms with Crippen LogP contribution >= 0.6 is 15.9 Å². The van der Waals surface area contributed by atoms with Crippen LogP contribution in [0.4, 0.5) is 5.82 Å². The largest absolute Gasteiger partial charge is 0.370 e. The van der Waals surface area contributed by atoms with Crippen molar-refractivity contribution >= 4 is 27.7 Å². The Morgan fingerprint density at radius 3 is 2.79 bits per heavy atom. The number of aromatic nitrogens is 1. The lowest BCUT2D eigenvalue weighted by Gasteiger charge is -2.22. The average molecular weight is 326 g/mol. The summed E-state index contributed by atoms with van der Waals surface area (Å²) < 4.78 is 0.952. The molecule has 0 atom stereocenters. The summed E-state index contributed by atoms with van der Waals surface area (Å²) in [5, 5.41) is 6.25. The Balaban J connectivity index is 1.64. The van der Waals surface area contributed by atoms with E-state index in [2.05, 4.69) is 31.5 Å². The number of carbonyl (C=O) groups excluding carboxylic acids is 1. The molecule has 0 saturated heterocycles. The Labute approximate surface area is 122 Å². The van der Waals surface area contributed by atoms with Gasteiger partial charge in [-0.15, -0.1) is 0 Å². The predicted octanol–water partition coefficient (Wildman–Crippen LogP) is 3.10. The number of anilines is 1. The highest BCUT2D eigenvalue weighted by molar-refractivity contribution is 9.10. The summed E-state index contributed by atoms with van der Waals surface area (Å²) in [7, 11) is 0. The Morgan fingerprint density at radius 1 is 1.32 bits per heavy atom. The monoisotopic (exact) mass is 325 g/mol. The topological polar surface area (TPSA) is 54.0 Å². The van der Waals surface area contributed by atoms with Crippen molar-refractivity contribution in [3.05, 3.63) is 22.8 Å². The number of hydrogen-bond acceptors (Lipinski definition) is 3. The van der Waals surface area contributed by atoms with Gasteiger partial charge in [-0.05, 0) is 40.9 Å². The van der Waals surface area contributed by atoms with Crippen LogP contribution in [0, 0.1) is 0 Å². The van der Waals surface area contributed by atoms with E-state index in [1.165, 1.54) is 19.3 Å². The minimum absolute atomic E-state index is 0.136. The summed E-state index contributed by atoms with van der Waals surface area (Å²) in [4.78, 5) is 16.0. The molecule has 0 aromatic carbocycles. The molecule has 5 heteroatoms. The lowest BCUT2D eigenvalue weighted by atomic mass is 9.95. The number of nitrogens with zero attached hydrogens (tertiary/aromatic N) is 1. The van der Waals surface area contributed by atoms with E-state index in [-0.39, 0.29) is 5.91 Å². The minimum atomic E-state index is 0.136. The Hall–Kier alpha value is -1.10. The van der Waals surface area contributed by atoms with E-state index in [9.17, 15) is 4.79 Å². The van der Waals surface area contributed by atoms with E-state index in [4.69, 9.17) is 0 Å². The van der Waals surface area contributed by atoms with Crippen LogP contribution in [0.5, 0.6) is 0 Å². The quantitative estimate of drug-likeness (QED) is 0.874. The highest BCUT2D eigenvalue weighted by atomic mass is 79.9. The predicted molar refractivity (Wildman–Crippen MR) is 80.1 cm³/mol. The number of halogens is 1. The summed E-state index contributed by atoms with van der Waals surface area (Å²) >= 11 is 3.34. The second-order valence-corrected chi connectivity index (χ2v) is 5.86. The molecule has 0 spiro atoms. The van der Waals surface area contributed by atoms with Gasteiger partial charge in [-0.25, -0.2) is 4.98 Å². The van der Waals surface area contributed by atoms with Crippen LogP contribution in [0.2, 0.25) is 0 Å². The molecule has 1 aromatic rings. The fraction of sp³-hybridized carbons (Fsp3) is 0.571. The van der Waals surface area contributed by atoms with Gasteiger partial charge in [0, 0.05) is 29.7 Å². The van der Waals surface area contributed by atoms with E-state index in [1.807, 2.05) is 12.1 Å². The maximum absolute atomic E-state index is 11.8. The van der Waals surface area contributed by atoms with Crippen LogP contribution < -0.4 is 10.6 Å². The number of nitrogens with one attached hydrogen (secondary N) is 2. The molecular weight excluding hydrogens is 306 g/mol. The molecule has 1 fully saturated rings. The van der Waals surface area contributed by atoms with Gasteiger partial charge in [-0.1, -0.05) is 19.3 Å². The van der Waals surface area contributed by atoms with Crippen molar-refractivity contribution in [1.29, 1.82) is 0 Å². The highest BCUT2D eigenvalue weighted by Crippen LogP contribution is 2.17. The zero-order valence-corrected chi connectivity index (χ0v) is 12.6. The Morgan fingerprint density at radius 2 is 2.11 bits per heavy atom. The number of carbonyl (C=O) groups is 1. The zero-order valence-electron chi connectivity index (χ0n) is 11.0. The molecule has 2 rings (SSSR count). The lowest BCUT2D eigenvalue weighted by Crippen LogP contribution is -2.36. The van der Waals surface area contributed by atoms with Crippen LogP contribution in [0.3, 0.4) is 0 Å². The van der Waals surface area contributed by atoms with E-state index in [0.717, 1.165) is 23.1 Å². The Kier molecular flexibility index (Phi) is 5.63. The molecule has 1 aliphatic carbocycles. The van der Waals surface area contributed by atoms with Crippen molar-refractivity contribution in [2.45, 2.75) is 44.6 Å². The van der Waals surface area contributed by atoms with E-state index >= 15 is 0 Å².